The summed E-state index contributed by atoms with van der Waals surface area (Å²) in [6.07, 6.45) is -1.44. The van der Waals surface area contributed by atoms with Gasteiger partial charge in [0.1, 0.15) is 17.7 Å². The molecule has 2 nitrogen and oxygen atoms in total. The van der Waals surface area contributed by atoms with Crippen molar-refractivity contribution >= 4 is 0 Å². The van der Waals surface area contributed by atoms with Crippen LogP contribution in [0.25, 0.3) is 0 Å². The van der Waals surface area contributed by atoms with E-state index in [1.54, 1.807) is 25.1 Å². The summed E-state index contributed by atoms with van der Waals surface area (Å²) in [6.45, 7) is 2.13. The molecule has 5 heteroatoms. The van der Waals surface area contributed by atoms with Crippen molar-refractivity contribution in [1.82, 2.24) is 0 Å². The van der Waals surface area contributed by atoms with Crippen LogP contribution in [0.3, 0.4) is 0 Å². The number of benzene rings is 2. The van der Waals surface area contributed by atoms with E-state index < -0.39 is 23.6 Å². The highest BCUT2D eigenvalue weighted by molar-refractivity contribution is 5.40. The molecule has 0 saturated heterocycles. The van der Waals surface area contributed by atoms with Crippen LogP contribution in [0.4, 0.5) is 13.2 Å². The summed E-state index contributed by atoms with van der Waals surface area (Å²) in [5, 5.41) is 10.2. The maximum absolute atomic E-state index is 13.7. The molecule has 0 spiro atoms. The van der Waals surface area contributed by atoms with Crippen molar-refractivity contribution < 1.29 is 23.0 Å². The van der Waals surface area contributed by atoms with Crippen LogP contribution in [0.5, 0.6) is 5.75 Å². The average molecular weight is 282 g/mol. The number of para-hydroxylation sites is 1. The van der Waals surface area contributed by atoms with Gasteiger partial charge in [-0.1, -0.05) is 18.2 Å². The summed E-state index contributed by atoms with van der Waals surface area (Å²) >= 11 is 0. The van der Waals surface area contributed by atoms with Crippen molar-refractivity contribution in [2.75, 3.05) is 6.61 Å². The fraction of sp³-hybridized carbons (Fsp3) is 0.200. The van der Waals surface area contributed by atoms with Gasteiger partial charge in [-0.3, -0.25) is 0 Å². The second-order valence-electron chi connectivity index (χ2n) is 4.16. The zero-order chi connectivity index (χ0) is 14.7. The van der Waals surface area contributed by atoms with Crippen molar-refractivity contribution in [1.29, 1.82) is 0 Å². The van der Waals surface area contributed by atoms with Gasteiger partial charge < -0.3 is 9.84 Å². The predicted molar refractivity (Wildman–Crippen MR) is 68.0 cm³/mol. The van der Waals surface area contributed by atoms with Crippen molar-refractivity contribution in [2.45, 2.75) is 13.0 Å². The van der Waals surface area contributed by atoms with Crippen LogP contribution in [-0.2, 0) is 0 Å². The monoisotopic (exact) mass is 282 g/mol. The van der Waals surface area contributed by atoms with Gasteiger partial charge in [0.2, 0.25) is 0 Å². The highest BCUT2D eigenvalue weighted by atomic mass is 19.2. The van der Waals surface area contributed by atoms with E-state index in [0.29, 0.717) is 30.1 Å². The second kappa shape index (κ2) is 5.96. The smallest absolute Gasteiger partial charge is 0.161 e. The summed E-state index contributed by atoms with van der Waals surface area (Å²) in [4.78, 5) is 0. The first-order chi connectivity index (χ1) is 9.54. The summed E-state index contributed by atoms with van der Waals surface area (Å²) in [7, 11) is 0. The molecule has 0 aliphatic heterocycles. The highest BCUT2D eigenvalue weighted by Crippen LogP contribution is 2.32. The number of aliphatic hydroxyl groups is 1. The predicted octanol–water partition coefficient (Wildman–Crippen LogP) is 3.58. The van der Waals surface area contributed by atoms with Gasteiger partial charge in [-0.05, 0) is 19.1 Å². The number of hydrogen-bond donors (Lipinski definition) is 1. The molecule has 1 atom stereocenters. The van der Waals surface area contributed by atoms with Gasteiger partial charge in [0, 0.05) is 17.2 Å². The zero-order valence-electron chi connectivity index (χ0n) is 10.7. The molecule has 0 aromatic heterocycles. The Morgan fingerprint density at radius 1 is 1.00 bits per heavy atom. The Labute approximate surface area is 114 Å². The molecule has 1 unspecified atom stereocenters. The van der Waals surface area contributed by atoms with Crippen molar-refractivity contribution in [3.05, 3.63) is 65.0 Å². The van der Waals surface area contributed by atoms with Gasteiger partial charge in [-0.15, -0.1) is 0 Å². The van der Waals surface area contributed by atoms with Gasteiger partial charge in [-0.2, -0.15) is 0 Å². The third-order valence-electron chi connectivity index (χ3n) is 2.85. The lowest BCUT2D eigenvalue weighted by molar-refractivity contribution is 0.206. The quantitative estimate of drug-likeness (QED) is 0.868. The Kier molecular flexibility index (Phi) is 4.29. The number of rotatable bonds is 4. The Morgan fingerprint density at radius 2 is 1.65 bits per heavy atom. The SMILES string of the molecule is CCOc1ccccc1C(O)c1cc(F)c(F)cc1F. The third-order valence-corrected chi connectivity index (χ3v) is 2.85. The van der Waals surface area contributed by atoms with Crippen LogP contribution < -0.4 is 4.74 Å². The van der Waals surface area contributed by atoms with Crippen LogP contribution in [0.2, 0.25) is 0 Å². The van der Waals surface area contributed by atoms with Crippen LogP contribution in [-0.4, -0.2) is 11.7 Å². The Balaban J connectivity index is 2.46. The molecule has 2 aromatic carbocycles. The number of hydrogen-bond acceptors (Lipinski definition) is 2. The molecule has 0 heterocycles. The fourth-order valence-electron chi connectivity index (χ4n) is 1.91. The first-order valence-electron chi connectivity index (χ1n) is 6.08. The van der Waals surface area contributed by atoms with E-state index in [0.717, 1.165) is 0 Å². The molecule has 0 amide bonds. The summed E-state index contributed by atoms with van der Waals surface area (Å²) in [6, 6.07) is 7.55. The van der Waals surface area contributed by atoms with Gasteiger partial charge in [0.25, 0.3) is 0 Å². The van der Waals surface area contributed by atoms with E-state index in [1.165, 1.54) is 6.07 Å². The molecule has 0 aliphatic rings. The van der Waals surface area contributed by atoms with E-state index in [-0.39, 0.29) is 5.56 Å². The minimum absolute atomic E-state index is 0.291. The minimum atomic E-state index is -1.44. The fourth-order valence-corrected chi connectivity index (χ4v) is 1.91. The van der Waals surface area contributed by atoms with E-state index in [1.807, 2.05) is 0 Å². The van der Waals surface area contributed by atoms with Crippen LogP contribution in [0, 0.1) is 17.5 Å². The third kappa shape index (κ3) is 2.77. The molecular weight excluding hydrogens is 269 g/mol. The van der Waals surface area contributed by atoms with Gasteiger partial charge in [-0.25, -0.2) is 13.2 Å². The normalized spacial score (nSPS) is 12.2. The average Bonchev–Trinajstić information content (AvgIpc) is 2.43. The standard InChI is InChI=1S/C15H13F3O2/c1-2-20-14-6-4-3-5-9(14)15(19)10-7-12(17)13(18)8-11(10)16/h3-8,15,19H,2H2,1H3. The first kappa shape index (κ1) is 14.4. The van der Waals surface area contributed by atoms with Crippen molar-refractivity contribution in [2.24, 2.45) is 0 Å². The number of halogens is 3. The van der Waals surface area contributed by atoms with Gasteiger partial charge >= 0.3 is 0 Å². The lowest BCUT2D eigenvalue weighted by Crippen LogP contribution is -2.07. The largest absolute Gasteiger partial charge is 0.493 e. The van der Waals surface area contributed by atoms with Crippen molar-refractivity contribution in [3.8, 4) is 5.75 Å². The van der Waals surface area contributed by atoms with Gasteiger partial charge in [0.15, 0.2) is 11.6 Å². The maximum atomic E-state index is 13.7. The Morgan fingerprint density at radius 3 is 2.35 bits per heavy atom. The van der Waals surface area contributed by atoms with Crippen LogP contribution in [0.15, 0.2) is 36.4 Å². The zero-order valence-corrected chi connectivity index (χ0v) is 10.7. The molecule has 0 fully saturated rings. The summed E-state index contributed by atoms with van der Waals surface area (Å²) in [5.41, 5.74) is -0.0460. The molecule has 2 aromatic rings. The summed E-state index contributed by atoms with van der Waals surface area (Å²) in [5.74, 6) is -3.15. The molecule has 0 saturated carbocycles. The molecule has 20 heavy (non-hydrogen) atoms. The molecule has 0 aliphatic carbocycles. The molecular formula is C15H13F3O2. The highest BCUT2D eigenvalue weighted by Gasteiger charge is 2.21. The van der Waals surface area contributed by atoms with Crippen molar-refractivity contribution in [3.63, 3.8) is 0 Å². The lowest BCUT2D eigenvalue weighted by atomic mass is 10.00. The van der Waals surface area contributed by atoms with E-state index in [2.05, 4.69) is 0 Å². The van der Waals surface area contributed by atoms with Crippen LogP contribution in [0.1, 0.15) is 24.2 Å². The molecule has 0 bridgehead atoms. The van der Waals surface area contributed by atoms with E-state index >= 15 is 0 Å². The molecule has 106 valence electrons. The van der Waals surface area contributed by atoms with Crippen LogP contribution >= 0.6 is 0 Å². The van der Waals surface area contributed by atoms with E-state index in [4.69, 9.17) is 4.74 Å². The number of aliphatic hydroxyl groups excluding tert-OH is 1. The Hall–Kier alpha value is -2.01. The number of ether oxygens (including phenoxy) is 1. The topological polar surface area (TPSA) is 29.5 Å². The molecule has 1 N–H and O–H groups in total. The summed E-state index contributed by atoms with van der Waals surface area (Å²) < 4.78 is 45.1. The second-order valence-corrected chi connectivity index (χ2v) is 4.16. The van der Waals surface area contributed by atoms with E-state index in [9.17, 15) is 18.3 Å². The molecule has 0 radical (unpaired) electrons. The lowest BCUT2D eigenvalue weighted by Gasteiger charge is -2.16. The maximum Gasteiger partial charge on any atom is 0.161 e. The molecule has 2 rings (SSSR count). The first-order valence-corrected chi connectivity index (χ1v) is 6.08. The van der Waals surface area contributed by atoms with Gasteiger partial charge in [0.05, 0.1) is 6.61 Å². The Bertz CT molecular complexity index is 614. The minimum Gasteiger partial charge on any atom is -0.493 e.